The quantitative estimate of drug-likeness (QED) is 0.161. The fourth-order valence-corrected chi connectivity index (χ4v) is 8.14. The minimum Gasteiger partial charge on any atom is -0.509 e. The van der Waals surface area contributed by atoms with Gasteiger partial charge in [0.25, 0.3) is 0 Å². The van der Waals surface area contributed by atoms with E-state index in [4.69, 9.17) is 9.72 Å². The summed E-state index contributed by atoms with van der Waals surface area (Å²) in [6.45, 7) is 15.7. The SMILES string of the molecule is CC(C)(C)c1cc(N2C=CN(c3[c-]c(Oc4[c-]c5c(cc4)c4ccc6sc7ccccc7c6c4n5-c4ccccn4)ccc3)[CH-]2)cc(C(C)(C)C)c1.[Pt]. The van der Waals surface area contributed by atoms with E-state index >= 15 is 0 Å². The van der Waals surface area contributed by atoms with Crippen molar-refractivity contribution in [2.75, 3.05) is 9.80 Å². The van der Waals surface area contributed by atoms with Crippen LogP contribution >= 0.6 is 11.3 Å². The molecule has 0 amide bonds. The van der Waals surface area contributed by atoms with Gasteiger partial charge in [-0.3, -0.25) is 0 Å². The topological polar surface area (TPSA) is 33.5 Å². The molecular weight excluding hydrogens is 852 g/mol. The number of benzene rings is 5. The van der Waals surface area contributed by atoms with Crippen LogP contribution < -0.4 is 14.5 Å². The first-order chi connectivity index (χ1) is 25.0. The fourth-order valence-electron chi connectivity index (χ4n) is 7.03. The van der Waals surface area contributed by atoms with E-state index in [2.05, 4.69) is 154 Å². The number of aromatic nitrogens is 2. The van der Waals surface area contributed by atoms with E-state index < -0.39 is 0 Å². The maximum absolute atomic E-state index is 6.51. The Labute approximate surface area is 329 Å². The summed E-state index contributed by atoms with van der Waals surface area (Å²) in [5, 5.41) is 4.75. The molecule has 7 heteroatoms. The number of ether oxygens (including phenoxy) is 1. The molecule has 0 fully saturated rings. The number of rotatable bonds is 5. The van der Waals surface area contributed by atoms with Crippen molar-refractivity contribution in [1.82, 2.24) is 9.55 Å². The molecule has 9 rings (SSSR count). The molecule has 5 aromatic carbocycles. The normalized spacial score (nSPS) is 13.5. The van der Waals surface area contributed by atoms with Gasteiger partial charge in [-0.1, -0.05) is 83.5 Å². The Bertz CT molecular complexity index is 2650. The first kappa shape index (κ1) is 35.1. The molecule has 0 spiro atoms. The molecule has 5 nitrogen and oxygen atoms in total. The summed E-state index contributed by atoms with van der Waals surface area (Å²) >= 11 is 1.82. The first-order valence-electron chi connectivity index (χ1n) is 17.7. The van der Waals surface area contributed by atoms with Crippen molar-refractivity contribution in [2.24, 2.45) is 0 Å². The van der Waals surface area contributed by atoms with Crippen molar-refractivity contribution < 1.29 is 25.8 Å². The van der Waals surface area contributed by atoms with Gasteiger partial charge in [-0.05, 0) is 76.1 Å². The zero-order chi connectivity index (χ0) is 35.8. The van der Waals surface area contributed by atoms with E-state index in [1.54, 1.807) is 0 Å². The number of hydrogen-bond donors (Lipinski definition) is 0. The maximum atomic E-state index is 6.51. The summed E-state index contributed by atoms with van der Waals surface area (Å²) in [6, 6.07) is 43.3. The standard InChI is InChI=1S/C46H39N4OS.Pt/c1-45(2,3)30-24-31(46(4,5)6)26-33(25-30)49-23-22-48(29-49)32-12-11-13-34(27-32)51-35-17-18-36-37-19-20-41-43(38-14-7-8-15-40(38)52-41)44(37)50(39(36)28-35)42-16-9-10-21-47-42;/h7-26,29H,1-6H3;/q-3;. The maximum Gasteiger partial charge on any atom is 0.135 e. The Morgan fingerprint density at radius 2 is 1.38 bits per heavy atom. The average molecular weight is 891 g/mol. The van der Waals surface area contributed by atoms with Gasteiger partial charge in [0.1, 0.15) is 5.82 Å². The zero-order valence-corrected chi connectivity index (χ0v) is 33.6. The summed E-state index contributed by atoms with van der Waals surface area (Å²) < 4.78 is 11.3. The number of thiophene rings is 1. The largest absolute Gasteiger partial charge is 0.509 e. The van der Waals surface area contributed by atoms with Gasteiger partial charge in [0.2, 0.25) is 0 Å². The second-order valence-corrected chi connectivity index (χ2v) is 16.6. The first-order valence-corrected chi connectivity index (χ1v) is 18.5. The Kier molecular flexibility index (Phi) is 8.75. The van der Waals surface area contributed by atoms with Gasteiger partial charge in [0.05, 0.1) is 5.52 Å². The minimum absolute atomic E-state index is 0. The molecule has 0 bridgehead atoms. The Morgan fingerprint density at radius 1 is 0.660 bits per heavy atom. The summed E-state index contributed by atoms with van der Waals surface area (Å²) in [6.07, 6.45) is 6.01. The third-order valence-corrected chi connectivity index (χ3v) is 11.0. The van der Waals surface area contributed by atoms with E-state index in [9.17, 15) is 0 Å². The van der Waals surface area contributed by atoms with Gasteiger partial charge >= 0.3 is 0 Å². The van der Waals surface area contributed by atoms with Crippen LogP contribution in [-0.4, -0.2) is 9.55 Å². The fraction of sp³-hybridized carbons (Fsp3) is 0.174. The van der Waals surface area contributed by atoms with Crippen molar-refractivity contribution in [3.8, 4) is 17.3 Å². The predicted molar refractivity (Wildman–Crippen MR) is 218 cm³/mol. The van der Waals surface area contributed by atoms with Crippen LogP contribution in [0.5, 0.6) is 11.5 Å². The van der Waals surface area contributed by atoms with Crippen LogP contribution in [0.4, 0.5) is 11.4 Å². The van der Waals surface area contributed by atoms with E-state index in [1.807, 2.05) is 53.9 Å². The molecule has 0 unspecified atom stereocenters. The van der Waals surface area contributed by atoms with E-state index in [0.717, 1.165) is 39.0 Å². The van der Waals surface area contributed by atoms with Gasteiger partial charge in [-0.15, -0.1) is 59.4 Å². The molecule has 8 aromatic rings. The molecule has 268 valence electrons. The van der Waals surface area contributed by atoms with Crippen LogP contribution in [0.3, 0.4) is 0 Å². The monoisotopic (exact) mass is 890 g/mol. The van der Waals surface area contributed by atoms with Crippen LogP contribution in [-0.2, 0) is 31.9 Å². The van der Waals surface area contributed by atoms with Crippen molar-refractivity contribution >= 4 is 64.7 Å². The number of anilines is 2. The van der Waals surface area contributed by atoms with Gasteiger partial charge in [-0.25, -0.2) is 4.98 Å². The van der Waals surface area contributed by atoms with Gasteiger partial charge < -0.3 is 19.1 Å². The molecular formula is C46H39N4OPtS-3. The summed E-state index contributed by atoms with van der Waals surface area (Å²) in [5.74, 6) is 2.07. The predicted octanol–water partition coefficient (Wildman–Crippen LogP) is 12.4. The van der Waals surface area contributed by atoms with Gasteiger partial charge in [-0.2, -0.15) is 12.1 Å². The molecule has 1 aliphatic heterocycles. The van der Waals surface area contributed by atoms with Crippen LogP contribution in [0.25, 0.3) is 47.8 Å². The molecule has 0 saturated carbocycles. The molecule has 1 aliphatic rings. The van der Waals surface area contributed by atoms with Crippen LogP contribution in [0, 0.1) is 18.8 Å². The van der Waals surface area contributed by atoms with Gasteiger partial charge in [0.15, 0.2) is 0 Å². The Morgan fingerprint density at radius 3 is 2.13 bits per heavy atom. The molecule has 4 heterocycles. The summed E-state index contributed by atoms with van der Waals surface area (Å²) in [7, 11) is 0. The molecule has 0 aliphatic carbocycles. The van der Waals surface area contributed by atoms with Crippen molar-refractivity contribution in [3.63, 3.8) is 0 Å². The van der Waals surface area contributed by atoms with Crippen LogP contribution in [0.2, 0.25) is 0 Å². The van der Waals surface area contributed by atoms with Crippen molar-refractivity contribution in [3.05, 3.63) is 152 Å². The van der Waals surface area contributed by atoms with Gasteiger partial charge in [0, 0.05) is 64.6 Å². The number of hydrogen-bond acceptors (Lipinski definition) is 5. The molecule has 0 saturated heterocycles. The molecule has 0 N–H and O–H groups in total. The summed E-state index contributed by atoms with van der Waals surface area (Å²) in [5.41, 5.74) is 6.79. The zero-order valence-electron chi connectivity index (χ0n) is 30.5. The third kappa shape index (κ3) is 6.32. The third-order valence-electron chi connectivity index (χ3n) is 9.87. The Hall–Kier alpha value is -4.90. The summed E-state index contributed by atoms with van der Waals surface area (Å²) in [4.78, 5) is 9.06. The van der Waals surface area contributed by atoms with Crippen molar-refractivity contribution in [2.45, 2.75) is 52.4 Å². The smallest absolute Gasteiger partial charge is 0.135 e. The molecule has 3 aromatic heterocycles. The minimum atomic E-state index is 0. The second-order valence-electron chi connectivity index (χ2n) is 15.5. The van der Waals surface area contributed by atoms with E-state index in [0.29, 0.717) is 11.5 Å². The van der Waals surface area contributed by atoms with E-state index in [-0.39, 0.29) is 31.9 Å². The molecule has 53 heavy (non-hydrogen) atoms. The van der Waals surface area contributed by atoms with Crippen molar-refractivity contribution in [1.29, 1.82) is 0 Å². The van der Waals surface area contributed by atoms with Crippen LogP contribution in [0.15, 0.2) is 122 Å². The van der Waals surface area contributed by atoms with E-state index in [1.165, 1.54) is 31.3 Å². The Balaban J connectivity index is 0.00000400. The number of nitrogens with zero attached hydrogens (tertiary/aromatic N) is 4. The molecule has 0 radical (unpaired) electrons. The number of pyridine rings is 1. The number of fused-ring (bicyclic) bond motifs is 7. The average Bonchev–Trinajstić information content (AvgIpc) is 3.85. The van der Waals surface area contributed by atoms with Crippen LogP contribution in [0.1, 0.15) is 52.7 Å². The second kappa shape index (κ2) is 13.2. The molecule has 0 atom stereocenters.